The lowest BCUT2D eigenvalue weighted by Gasteiger charge is -2.04. The number of aromatic nitrogens is 6. The number of hydrogen-bond donors (Lipinski definition) is 0. The molecule has 136 valence electrons. The molecule has 4 heterocycles. The van der Waals surface area contributed by atoms with E-state index in [2.05, 4.69) is 25.3 Å². The number of aryl methyl sites for hydroxylation is 1. The fraction of sp³-hybridized carbons (Fsp3) is 0.0556. The van der Waals surface area contributed by atoms with Gasteiger partial charge in [-0.2, -0.15) is 9.61 Å². The van der Waals surface area contributed by atoms with Crippen molar-refractivity contribution in [3.63, 3.8) is 0 Å². The van der Waals surface area contributed by atoms with Crippen LogP contribution < -0.4 is 0 Å². The van der Waals surface area contributed by atoms with Crippen LogP contribution in [0.3, 0.4) is 0 Å². The van der Waals surface area contributed by atoms with Crippen LogP contribution in [0.5, 0.6) is 0 Å². The summed E-state index contributed by atoms with van der Waals surface area (Å²) in [5.41, 5.74) is 3.11. The molecule has 10 heteroatoms. The summed E-state index contributed by atoms with van der Waals surface area (Å²) in [7, 11) is 0. The summed E-state index contributed by atoms with van der Waals surface area (Å²) < 4.78 is 1.67. The van der Waals surface area contributed by atoms with Crippen LogP contribution in [0.15, 0.2) is 48.7 Å². The quantitative estimate of drug-likeness (QED) is 0.342. The predicted molar refractivity (Wildman–Crippen MR) is 104 cm³/mol. The molecule has 0 saturated carbocycles. The van der Waals surface area contributed by atoms with Crippen LogP contribution in [0.2, 0.25) is 0 Å². The van der Waals surface area contributed by atoms with Crippen molar-refractivity contribution in [3.05, 3.63) is 64.5 Å². The number of non-ortho nitro benzene ring substituents is 1. The molecule has 5 rings (SSSR count). The standard InChI is InChI=1S/C18H11N7O2S/c1-10-14(9-12-3-2-8-19-15(12)20-10)16-21-22-18-24(16)23-17(28-18)11-4-6-13(7-5-11)25(26)27/h2-9H,1H3. The van der Waals surface area contributed by atoms with Gasteiger partial charge in [0.1, 0.15) is 5.01 Å². The minimum Gasteiger partial charge on any atom is -0.258 e. The lowest BCUT2D eigenvalue weighted by atomic mass is 10.1. The van der Waals surface area contributed by atoms with E-state index in [1.807, 2.05) is 25.1 Å². The smallest absolute Gasteiger partial charge is 0.258 e. The van der Waals surface area contributed by atoms with Gasteiger partial charge in [0.2, 0.25) is 4.96 Å². The average molecular weight is 389 g/mol. The van der Waals surface area contributed by atoms with Gasteiger partial charge in [0, 0.05) is 34.8 Å². The Morgan fingerprint density at radius 2 is 1.96 bits per heavy atom. The van der Waals surface area contributed by atoms with Crippen molar-refractivity contribution in [2.45, 2.75) is 6.92 Å². The second-order valence-corrected chi connectivity index (χ2v) is 7.06. The first-order valence-electron chi connectivity index (χ1n) is 8.30. The molecule has 0 saturated heterocycles. The zero-order chi connectivity index (χ0) is 19.3. The number of benzene rings is 1. The molecule has 1 aromatic carbocycles. The Balaban J connectivity index is 1.62. The van der Waals surface area contributed by atoms with Crippen LogP contribution in [-0.2, 0) is 0 Å². The van der Waals surface area contributed by atoms with E-state index in [-0.39, 0.29) is 5.69 Å². The third-order valence-corrected chi connectivity index (χ3v) is 5.28. The molecular formula is C18H11N7O2S. The minimum atomic E-state index is -0.426. The average Bonchev–Trinajstić information content (AvgIpc) is 3.28. The maximum atomic E-state index is 10.8. The number of rotatable bonds is 3. The molecule has 0 spiro atoms. The summed E-state index contributed by atoms with van der Waals surface area (Å²) in [5.74, 6) is 0.593. The number of pyridine rings is 2. The van der Waals surface area contributed by atoms with E-state index < -0.39 is 4.92 Å². The van der Waals surface area contributed by atoms with Crippen molar-refractivity contribution in [1.29, 1.82) is 0 Å². The van der Waals surface area contributed by atoms with Crippen molar-refractivity contribution in [2.75, 3.05) is 0 Å². The minimum absolute atomic E-state index is 0.0407. The van der Waals surface area contributed by atoms with E-state index in [9.17, 15) is 10.1 Å². The Labute approximate surface area is 161 Å². The molecule has 0 radical (unpaired) electrons. The van der Waals surface area contributed by atoms with Crippen molar-refractivity contribution in [1.82, 2.24) is 29.8 Å². The van der Waals surface area contributed by atoms with Crippen molar-refractivity contribution < 1.29 is 4.92 Å². The highest BCUT2D eigenvalue weighted by atomic mass is 32.1. The van der Waals surface area contributed by atoms with Crippen molar-refractivity contribution in [3.8, 4) is 22.0 Å². The second kappa shape index (κ2) is 6.13. The SMILES string of the molecule is Cc1nc2ncccc2cc1-c1nnc2sc(-c3ccc([N+](=O)[O-])cc3)nn12. The highest BCUT2D eigenvalue weighted by Gasteiger charge is 2.18. The third-order valence-electron chi connectivity index (χ3n) is 4.34. The van der Waals surface area contributed by atoms with Crippen LogP contribution >= 0.6 is 11.3 Å². The molecule has 0 bridgehead atoms. The molecule has 0 aliphatic rings. The summed E-state index contributed by atoms with van der Waals surface area (Å²) in [6.45, 7) is 1.90. The lowest BCUT2D eigenvalue weighted by molar-refractivity contribution is -0.384. The van der Waals surface area contributed by atoms with Crippen LogP contribution in [-0.4, -0.2) is 34.7 Å². The number of fused-ring (bicyclic) bond motifs is 2. The molecule has 28 heavy (non-hydrogen) atoms. The monoisotopic (exact) mass is 389 g/mol. The maximum absolute atomic E-state index is 10.8. The van der Waals surface area contributed by atoms with E-state index in [0.29, 0.717) is 21.4 Å². The van der Waals surface area contributed by atoms with Crippen LogP contribution in [0, 0.1) is 17.0 Å². The summed E-state index contributed by atoms with van der Waals surface area (Å²) in [5, 5.41) is 25.6. The van der Waals surface area contributed by atoms with Gasteiger partial charge < -0.3 is 0 Å². The third kappa shape index (κ3) is 2.58. The summed E-state index contributed by atoms with van der Waals surface area (Å²) in [6.07, 6.45) is 1.71. The maximum Gasteiger partial charge on any atom is 0.269 e. The highest BCUT2D eigenvalue weighted by Crippen LogP contribution is 2.30. The molecule has 0 aliphatic heterocycles. The van der Waals surface area contributed by atoms with Crippen molar-refractivity contribution in [2.24, 2.45) is 0 Å². The van der Waals surface area contributed by atoms with Crippen LogP contribution in [0.4, 0.5) is 5.69 Å². The van der Waals surface area contributed by atoms with Gasteiger partial charge in [-0.25, -0.2) is 9.97 Å². The fourth-order valence-electron chi connectivity index (χ4n) is 2.95. The first kappa shape index (κ1) is 16.4. The topological polar surface area (TPSA) is 112 Å². The number of hydrogen-bond acceptors (Lipinski definition) is 8. The Bertz CT molecular complexity index is 1360. The highest BCUT2D eigenvalue weighted by molar-refractivity contribution is 7.19. The van der Waals surface area contributed by atoms with E-state index in [0.717, 1.165) is 22.2 Å². The Morgan fingerprint density at radius 3 is 2.75 bits per heavy atom. The fourth-order valence-corrected chi connectivity index (χ4v) is 3.79. The van der Waals surface area contributed by atoms with Gasteiger partial charge in [-0.1, -0.05) is 11.3 Å². The molecule has 0 fully saturated rings. The Kier molecular flexibility index (Phi) is 3.59. The van der Waals surface area contributed by atoms with Gasteiger partial charge >= 0.3 is 0 Å². The summed E-state index contributed by atoms with van der Waals surface area (Å²) >= 11 is 1.37. The molecule has 0 N–H and O–H groups in total. The second-order valence-electron chi connectivity index (χ2n) is 6.10. The zero-order valence-electron chi connectivity index (χ0n) is 14.5. The molecule has 5 aromatic rings. The molecule has 0 unspecified atom stereocenters. The van der Waals surface area contributed by atoms with E-state index in [4.69, 9.17) is 0 Å². The molecular weight excluding hydrogens is 378 g/mol. The molecule has 0 amide bonds. The molecule has 4 aromatic heterocycles. The first-order valence-corrected chi connectivity index (χ1v) is 9.11. The number of nitrogens with zero attached hydrogens (tertiary/aromatic N) is 7. The van der Waals surface area contributed by atoms with Gasteiger partial charge in [-0.05, 0) is 37.3 Å². The first-order chi connectivity index (χ1) is 13.6. The van der Waals surface area contributed by atoms with E-state index >= 15 is 0 Å². The van der Waals surface area contributed by atoms with Crippen molar-refractivity contribution >= 4 is 33.0 Å². The Hall–Kier alpha value is -3.79. The summed E-state index contributed by atoms with van der Waals surface area (Å²) in [4.78, 5) is 19.9. The van der Waals surface area contributed by atoms with Gasteiger partial charge in [-0.15, -0.1) is 10.2 Å². The van der Waals surface area contributed by atoms with E-state index in [1.165, 1.54) is 23.5 Å². The lowest BCUT2D eigenvalue weighted by Crippen LogP contribution is -1.96. The number of nitro benzene ring substituents is 1. The predicted octanol–water partition coefficient (Wildman–Crippen LogP) is 3.68. The zero-order valence-corrected chi connectivity index (χ0v) is 15.3. The van der Waals surface area contributed by atoms with Gasteiger partial charge in [0.05, 0.1) is 10.6 Å². The molecule has 0 atom stereocenters. The summed E-state index contributed by atoms with van der Waals surface area (Å²) in [6, 6.07) is 12.1. The van der Waals surface area contributed by atoms with Gasteiger partial charge in [-0.3, -0.25) is 10.1 Å². The number of nitro groups is 1. The molecule has 0 aliphatic carbocycles. The van der Waals surface area contributed by atoms with Gasteiger partial charge in [0.25, 0.3) is 5.69 Å². The normalized spacial score (nSPS) is 11.3. The van der Waals surface area contributed by atoms with Crippen LogP contribution in [0.25, 0.3) is 38.0 Å². The van der Waals surface area contributed by atoms with Crippen LogP contribution in [0.1, 0.15) is 5.69 Å². The largest absolute Gasteiger partial charge is 0.269 e. The van der Waals surface area contributed by atoms with E-state index in [1.54, 1.807) is 22.8 Å². The molecule has 9 nitrogen and oxygen atoms in total. The van der Waals surface area contributed by atoms with Gasteiger partial charge in [0.15, 0.2) is 11.5 Å². The Morgan fingerprint density at radius 1 is 1.14 bits per heavy atom.